The molecule has 1 spiro atoms. The molecule has 4 aromatic carbocycles. The van der Waals surface area contributed by atoms with Gasteiger partial charge in [-0.3, -0.25) is 38.5 Å². The molecule has 4 N–H and O–H groups in total. The SMILES string of the molecule is Cc1cc(F)c(Nc2nc(-c3ccc4c(c3)N(C3CC(N5CCCCC5)C3)C(=O)C43CCN(C(=O)c4ccc(C(=O)N5CCC(c6cccc7c6C(=O)N([C@H]6CCC(O)NC6=O)C7=O)CC5)cc4)CC3)cc3ncn(C(C)C)c23)cc1C(=O)NC(C)C. The third-order valence-electron chi connectivity index (χ3n) is 19.5. The number of aromatic nitrogens is 3. The van der Waals surface area contributed by atoms with Gasteiger partial charge < -0.3 is 45.2 Å². The summed E-state index contributed by atoms with van der Waals surface area (Å²) in [5.74, 6) is -2.48. The number of aliphatic hydroxyl groups is 1. The summed E-state index contributed by atoms with van der Waals surface area (Å²) in [5, 5.41) is 18.5. The molecule has 5 fully saturated rings. The van der Waals surface area contributed by atoms with Crippen LogP contribution < -0.4 is 20.9 Å². The molecule has 7 aliphatic rings. The minimum absolute atomic E-state index is 0.00430. The van der Waals surface area contributed by atoms with Crippen LogP contribution >= 0.6 is 0 Å². The number of rotatable bonds is 12. The first-order valence-electron chi connectivity index (χ1n) is 31.0. The van der Waals surface area contributed by atoms with Gasteiger partial charge in [-0.15, -0.1) is 0 Å². The molecule has 6 aromatic rings. The third-order valence-corrected chi connectivity index (χ3v) is 19.5. The quantitative estimate of drug-likeness (QED) is 0.0845. The Balaban J connectivity index is 0.716. The molecule has 2 atom stereocenters. The number of halogens is 1. The fourth-order valence-corrected chi connectivity index (χ4v) is 14.7. The van der Waals surface area contributed by atoms with Crippen molar-refractivity contribution in [1.82, 2.24) is 44.8 Å². The highest BCUT2D eigenvalue weighted by Crippen LogP contribution is 2.53. The monoisotopic (exact) mass is 1180 g/mol. The van der Waals surface area contributed by atoms with E-state index in [2.05, 4.69) is 33.0 Å². The van der Waals surface area contributed by atoms with E-state index < -0.39 is 41.2 Å². The second-order valence-electron chi connectivity index (χ2n) is 25.5. The van der Waals surface area contributed by atoms with Gasteiger partial charge in [-0.2, -0.15) is 0 Å². The molecule has 0 radical (unpaired) electrons. The molecule has 1 aliphatic carbocycles. The number of likely N-dealkylation sites (tertiary alicyclic amines) is 3. The lowest BCUT2D eigenvalue weighted by Crippen LogP contribution is -2.58. The van der Waals surface area contributed by atoms with E-state index in [1.807, 2.05) is 55.4 Å². The van der Waals surface area contributed by atoms with E-state index in [0.29, 0.717) is 108 Å². The summed E-state index contributed by atoms with van der Waals surface area (Å²) < 4.78 is 17.9. The van der Waals surface area contributed by atoms with Crippen LogP contribution in [-0.2, 0) is 15.0 Å². The van der Waals surface area contributed by atoms with Crippen LogP contribution in [0.15, 0.2) is 85.2 Å². The summed E-state index contributed by atoms with van der Waals surface area (Å²) in [6, 6.07) is 22.2. The number of aliphatic hydroxyl groups excluding tert-OH is 1. The minimum atomic E-state index is -1.02. The van der Waals surface area contributed by atoms with Crippen molar-refractivity contribution >= 4 is 69.6 Å². The summed E-state index contributed by atoms with van der Waals surface area (Å²) in [4.78, 5) is 116. The van der Waals surface area contributed by atoms with Gasteiger partial charge in [-0.1, -0.05) is 30.7 Å². The Hall–Kier alpha value is -8.36. The Morgan fingerprint density at radius 3 is 2.11 bits per heavy atom. The van der Waals surface area contributed by atoms with Crippen LogP contribution in [0.4, 0.5) is 21.6 Å². The third kappa shape index (κ3) is 10.2. The highest BCUT2D eigenvalue weighted by atomic mass is 19.1. The predicted octanol–water partition coefficient (Wildman–Crippen LogP) is 8.76. The van der Waals surface area contributed by atoms with Crippen molar-refractivity contribution in [3.63, 3.8) is 0 Å². The molecule has 4 saturated heterocycles. The highest BCUT2D eigenvalue weighted by Gasteiger charge is 2.56. The van der Waals surface area contributed by atoms with Crippen LogP contribution in [0.1, 0.15) is 179 Å². The van der Waals surface area contributed by atoms with Crippen molar-refractivity contribution in [2.75, 3.05) is 49.5 Å². The largest absolute Gasteiger partial charge is 0.374 e. The van der Waals surface area contributed by atoms with E-state index in [4.69, 9.17) is 9.97 Å². The zero-order chi connectivity index (χ0) is 60.7. The number of benzene rings is 4. The topological polar surface area (TPSA) is 223 Å². The molecule has 20 heteroatoms. The maximum Gasteiger partial charge on any atom is 0.262 e. The van der Waals surface area contributed by atoms with E-state index in [1.165, 1.54) is 31.4 Å². The molecule has 7 amide bonds. The maximum atomic E-state index is 16.0. The number of nitrogens with one attached hydrogen (secondary N) is 3. The van der Waals surface area contributed by atoms with Crippen molar-refractivity contribution < 1.29 is 43.1 Å². The van der Waals surface area contributed by atoms with Gasteiger partial charge in [-0.05, 0) is 189 Å². The molecular weight excluding hydrogens is 1110 g/mol. The summed E-state index contributed by atoms with van der Waals surface area (Å²) in [5.41, 5.74) is 6.68. The van der Waals surface area contributed by atoms with Gasteiger partial charge >= 0.3 is 0 Å². The number of imidazole rings is 1. The molecule has 19 nitrogen and oxygen atoms in total. The van der Waals surface area contributed by atoms with Crippen molar-refractivity contribution in [3.8, 4) is 11.3 Å². The summed E-state index contributed by atoms with van der Waals surface area (Å²) in [6.45, 7) is 13.2. The van der Waals surface area contributed by atoms with Crippen LogP contribution in [0.2, 0.25) is 0 Å². The van der Waals surface area contributed by atoms with E-state index in [0.717, 1.165) is 53.2 Å². The van der Waals surface area contributed by atoms with Crippen LogP contribution in [0.3, 0.4) is 0 Å². The highest BCUT2D eigenvalue weighted by molar-refractivity contribution is 6.23. The number of anilines is 3. The Kier molecular flexibility index (Phi) is 15.1. The maximum absolute atomic E-state index is 16.0. The lowest BCUT2D eigenvalue weighted by Gasteiger charge is -2.48. The molecule has 6 aliphatic heterocycles. The van der Waals surface area contributed by atoms with E-state index in [1.54, 1.807) is 59.4 Å². The Morgan fingerprint density at radius 2 is 1.45 bits per heavy atom. The number of hydrogen-bond acceptors (Lipinski definition) is 12. The van der Waals surface area contributed by atoms with Gasteiger partial charge in [0.25, 0.3) is 29.5 Å². The van der Waals surface area contributed by atoms with Crippen molar-refractivity contribution in [2.45, 2.75) is 153 Å². The van der Waals surface area contributed by atoms with Crippen LogP contribution in [-0.4, -0.2) is 150 Å². The first-order chi connectivity index (χ1) is 41.9. The smallest absolute Gasteiger partial charge is 0.262 e. The zero-order valence-corrected chi connectivity index (χ0v) is 49.9. The van der Waals surface area contributed by atoms with Crippen LogP contribution in [0.25, 0.3) is 22.3 Å². The first-order valence-corrected chi connectivity index (χ1v) is 31.0. The van der Waals surface area contributed by atoms with E-state index >= 15 is 9.18 Å². The molecular formula is C67H74FN11O8. The Morgan fingerprint density at radius 1 is 0.759 bits per heavy atom. The van der Waals surface area contributed by atoms with Gasteiger partial charge in [0.05, 0.1) is 39.8 Å². The number of nitrogens with zero attached hydrogens (tertiary/aromatic N) is 8. The molecule has 1 unspecified atom stereocenters. The number of hydrogen-bond donors (Lipinski definition) is 4. The second-order valence-corrected chi connectivity index (χ2v) is 25.5. The number of pyridine rings is 1. The van der Waals surface area contributed by atoms with E-state index in [9.17, 15) is 33.9 Å². The minimum Gasteiger partial charge on any atom is -0.374 e. The number of piperidine rings is 4. The van der Waals surface area contributed by atoms with Gasteiger partial charge in [0.1, 0.15) is 23.6 Å². The summed E-state index contributed by atoms with van der Waals surface area (Å²) in [7, 11) is 0. The number of carbonyl (C=O) groups is 7. The fraction of sp³-hybridized carbons (Fsp3) is 0.448. The lowest BCUT2D eigenvalue weighted by atomic mass is 9.73. The number of carbonyl (C=O) groups excluding carboxylic acids is 7. The fourth-order valence-electron chi connectivity index (χ4n) is 14.7. The molecule has 452 valence electrons. The van der Waals surface area contributed by atoms with Crippen molar-refractivity contribution in [3.05, 3.63) is 136 Å². The van der Waals surface area contributed by atoms with Gasteiger partial charge in [-0.25, -0.2) is 14.4 Å². The molecule has 87 heavy (non-hydrogen) atoms. The lowest BCUT2D eigenvalue weighted by molar-refractivity contribution is -0.131. The van der Waals surface area contributed by atoms with Gasteiger partial charge in [0, 0.05) is 78.3 Å². The number of amides is 7. The standard InChI is InChI=1S/C67H74FN11O8/c1-37(2)70-60(81)48-34-52(50(68)30-39(48)5)72-59-58-53(69-36-77(58)38(3)4)35-51(71-59)43-16-17-49-55(31-43)78(45-32-44(33-45)74-24-7-6-8-25-74)66(87)67(49)22-28-76(29-23-67)63(84)42-14-12-41(13-15-42)62(83)75-26-20-40(21-27-75)46-10-9-11-47-57(46)65(86)79(64(47)85)54-18-19-56(80)73-61(54)82/h9-17,30-31,34-38,40,44-45,54,56,80H,6-8,18-29,32-33H2,1-5H3,(H,70,81)(H,71,72)(H,73,82)/t44?,45?,54-,56?/m0/s1. The van der Waals surface area contributed by atoms with Gasteiger partial charge in [0.2, 0.25) is 11.8 Å². The number of fused-ring (bicyclic) bond motifs is 4. The number of aryl methyl sites for hydroxylation is 1. The van der Waals surface area contributed by atoms with Gasteiger partial charge in [0.15, 0.2) is 5.82 Å². The normalized spacial score (nSPS) is 22.3. The number of imide groups is 1. The Bertz CT molecular complexity index is 3800. The molecule has 8 heterocycles. The predicted molar refractivity (Wildman–Crippen MR) is 325 cm³/mol. The Labute approximate surface area is 504 Å². The molecule has 1 saturated carbocycles. The summed E-state index contributed by atoms with van der Waals surface area (Å²) >= 11 is 0. The van der Waals surface area contributed by atoms with Crippen LogP contribution in [0.5, 0.6) is 0 Å². The van der Waals surface area contributed by atoms with Crippen molar-refractivity contribution in [1.29, 1.82) is 0 Å². The zero-order valence-electron chi connectivity index (χ0n) is 49.9. The first kappa shape index (κ1) is 57.7. The molecule has 0 bridgehead atoms. The average molecular weight is 1180 g/mol. The van der Waals surface area contributed by atoms with Crippen molar-refractivity contribution in [2.24, 2.45) is 0 Å². The molecule has 13 rings (SSSR count). The summed E-state index contributed by atoms with van der Waals surface area (Å²) in [6.07, 6.45) is 8.43. The molecule has 2 aromatic heterocycles. The van der Waals surface area contributed by atoms with Crippen LogP contribution in [0, 0.1) is 12.7 Å². The van der Waals surface area contributed by atoms with E-state index in [-0.39, 0.29) is 71.8 Å². The second kappa shape index (κ2) is 22.7. The average Bonchev–Trinajstić information content (AvgIpc) is 1.58.